The van der Waals surface area contributed by atoms with Gasteiger partial charge in [-0.3, -0.25) is 0 Å². The van der Waals surface area contributed by atoms with Crippen molar-refractivity contribution in [2.75, 3.05) is 0 Å². The zero-order valence-electron chi connectivity index (χ0n) is 31.7. The Morgan fingerprint density at radius 3 is 1.76 bits per heavy atom. The van der Waals surface area contributed by atoms with Crippen molar-refractivity contribution in [3.05, 3.63) is 163 Å². The summed E-state index contributed by atoms with van der Waals surface area (Å²) < 4.78 is 6.09. The first-order valence-electron chi connectivity index (χ1n) is 18.8. The maximum atomic E-state index is 6.09. The summed E-state index contributed by atoms with van der Waals surface area (Å²) in [6, 6.07) is 50.3. The number of hydrogen-bond donors (Lipinski definition) is 0. The Balaban J connectivity index is 1.03. The second-order valence-corrected chi connectivity index (χ2v) is 16.0. The van der Waals surface area contributed by atoms with Crippen molar-refractivity contribution in [1.29, 1.82) is 0 Å². The molecule has 0 bridgehead atoms. The number of fused-ring (bicyclic) bond motifs is 4. The highest BCUT2D eigenvalue weighted by atomic mass is 16.3. The predicted molar refractivity (Wildman–Crippen MR) is 224 cm³/mol. The summed E-state index contributed by atoms with van der Waals surface area (Å²) >= 11 is 0. The monoisotopic (exact) mass is 715 g/mol. The molecule has 0 spiro atoms. The Hall–Kier alpha value is -6.53. The number of hydrogen-bond acceptors (Lipinski definition) is 6. The van der Waals surface area contributed by atoms with E-state index in [0.29, 0.717) is 11.6 Å². The Labute approximate surface area is 321 Å². The van der Waals surface area contributed by atoms with Gasteiger partial charge in [-0.25, -0.2) is 24.9 Å². The molecular weight excluding hydrogens is 675 g/mol. The van der Waals surface area contributed by atoms with Gasteiger partial charge in [0.25, 0.3) is 0 Å². The highest BCUT2D eigenvalue weighted by molar-refractivity contribution is 6.06. The van der Waals surface area contributed by atoms with Crippen LogP contribution in [-0.2, 0) is 17.3 Å². The van der Waals surface area contributed by atoms with E-state index in [9.17, 15) is 0 Å². The number of furan rings is 1. The zero-order chi connectivity index (χ0) is 37.7. The normalized spacial score (nSPS) is 12.2. The van der Waals surface area contributed by atoms with E-state index >= 15 is 0 Å². The molecule has 0 aliphatic rings. The Bertz CT molecular complexity index is 2830. The highest BCUT2D eigenvalue weighted by Gasteiger charge is 2.27. The van der Waals surface area contributed by atoms with Crippen LogP contribution in [0.4, 0.5) is 0 Å². The van der Waals surface area contributed by atoms with Crippen LogP contribution in [0.5, 0.6) is 0 Å². The first-order chi connectivity index (χ1) is 26.6. The standard InChI is InChI=1S/C49H41N5O/c1-48(2,3)46-53-44(52-45(54-46)36-27-28-42-39(29-36)37-15-10-12-18-41(37)55-42)35-21-19-31(20-22-35)30-49(4,5)47-50-40-17-11-9-16-38(40)43(51-47)34-25-23-33(24-26-34)32-13-7-6-8-14-32/h6-29H,30H2,1-5H3. The van der Waals surface area contributed by atoms with E-state index in [2.05, 4.69) is 138 Å². The molecule has 9 rings (SSSR count). The Morgan fingerprint density at radius 2 is 1.02 bits per heavy atom. The van der Waals surface area contributed by atoms with E-state index in [1.54, 1.807) is 0 Å². The van der Waals surface area contributed by atoms with Gasteiger partial charge in [-0.2, -0.15) is 0 Å². The van der Waals surface area contributed by atoms with Crippen LogP contribution in [0.3, 0.4) is 0 Å². The maximum Gasteiger partial charge on any atom is 0.163 e. The summed E-state index contributed by atoms with van der Waals surface area (Å²) in [5.41, 5.74) is 9.48. The van der Waals surface area contributed by atoms with E-state index in [1.165, 1.54) is 16.7 Å². The SMILES string of the molecule is CC(C)(C)c1nc(-c2ccc(CC(C)(C)c3nc(-c4ccc(-c5ccccc5)cc4)c4ccccc4n3)cc2)nc(-c2ccc3oc4ccccc4c3c2)n1. The lowest BCUT2D eigenvalue weighted by Crippen LogP contribution is -2.24. The van der Waals surface area contributed by atoms with Gasteiger partial charge in [-0.05, 0) is 53.4 Å². The zero-order valence-corrected chi connectivity index (χ0v) is 31.7. The highest BCUT2D eigenvalue weighted by Crippen LogP contribution is 2.35. The molecule has 0 radical (unpaired) electrons. The van der Waals surface area contributed by atoms with Gasteiger partial charge in [-0.1, -0.05) is 150 Å². The van der Waals surface area contributed by atoms with E-state index in [1.807, 2.05) is 42.5 Å². The van der Waals surface area contributed by atoms with Crippen LogP contribution in [0.2, 0.25) is 0 Å². The molecule has 0 saturated carbocycles. The molecule has 0 amide bonds. The lowest BCUT2D eigenvalue weighted by atomic mass is 9.84. The number of benzene rings is 6. The molecule has 0 atom stereocenters. The van der Waals surface area contributed by atoms with Gasteiger partial charge < -0.3 is 4.42 Å². The van der Waals surface area contributed by atoms with Crippen LogP contribution in [0.1, 0.15) is 51.8 Å². The van der Waals surface area contributed by atoms with Crippen LogP contribution < -0.4 is 0 Å². The molecule has 55 heavy (non-hydrogen) atoms. The summed E-state index contributed by atoms with van der Waals surface area (Å²) in [5.74, 6) is 2.86. The van der Waals surface area contributed by atoms with Gasteiger partial charge in [0, 0.05) is 43.7 Å². The second-order valence-electron chi connectivity index (χ2n) is 16.0. The van der Waals surface area contributed by atoms with Crippen LogP contribution in [-0.4, -0.2) is 24.9 Å². The third-order valence-electron chi connectivity index (χ3n) is 10.3. The molecule has 0 fully saturated rings. The topological polar surface area (TPSA) is 77.6 Å². The third kappa shape index (κ3) is 6.65. The molecule has 6 aromatic carbocycles. The molecule has 9 aromatic rings. The van der Waals surface area contributed by atoms with E-state index in [-0.39, 0.29) is 10.8 Å². The first kappa shape index (κ1) is 34.3. The summed E-state index contributed by atoms with van der Waals surface area (Å²) in [7, 11) is 0. The van der Waals surface area contributed by atoms with Crippen molar-refractivity contribution in [3.63, 3.8) is 0 Å². The summed E-state index contributed by atoms with van der Waals surface area (Å²) in [6.07, 6.45) is 0.756. The number of rotatable bonds is 7. The Morgan fingerprint density at radius 1 is 0.436 bits per heavy atom. The molecule has 3 heterocycles. The van der Waals surface area contributed by atoms with Crippen LogP contribution >= 0.6 is 0 Å². The first-order valence-corrected chi connectivity index (χ1v) is 18.8. The fourth-order valence-electron chi connectivity index (χ4n) is 7.25. The number of para-hydroxylation sites is 2. The molecule has 0 aliphatic carbocycles. The molecule has 0 saturated heterocycles. The average molecular weight is 716 g/mol. The third-order valence-corrected chi connectivity index (χ3v) is 10.3. The van der Waals surface area contributed by atoms with Crippen molar-refractivity contribution in [2.45, 2.75) is 51.9 Å². The summed E-state index contributed by atoms with van der Waals surface area (Å²) in [5, 5.41) is 3.16. The van der Waals surface area contributed by atoms with Crippen molar-refractivity contribution in [2.24, 2.45) is 0 Å². The van der Waals surface area contributed by atoms with Crippen LogP contribution in [0, 0.1) is 0 Å². The predicted octanol–water partition coefficient (Wildman–Crippen LogP) is 12.2. The van der Waals surface area contributed by atoms with Gasteiger partial charge in [0.1, 0.15) is 22.8 Å². The minimum atomic E-state index is -0.347. The summed E-state index contributed by atoms with van der Waals surface area (Å²) in [4.78, 5) is 25.4. The lowest BCUT2D eigenvalue weighted by molar-refractivity contribution is 0.489. The largest absolute Gasteiger partial charge is 0.456 e. The van der Waals surface area contributed by atoms with E-state index in [4.69, 9.17) is 29.3 Å². The quantitative estimate of drug-likeness (QED) is 0.163. The Kier molecular flexibility index (Phi) is 8.34. The molecule has 6 heteroatoms. The average Bonchev–Trinajstić information content (AvgIpc) is 3.58. The van der Waals surface area contributed by atoms with Crippen molar-refractivity contribution in [1.82, 2.24) is 24.9 Å². The molecular formula is C49H41N5O. The smallest absolute Gasteiger partial charge is 0.163 e. The molecule has 3 aromatic heterocycles. The van der Waals surface area contributed by atoms with Gasteiger partial charge in [0.2, 0.25) is 0 Å². The molecule has 0 N–H and O–H groups in total. The minimum Gasteiger partial charge on any atom is -0.456 e. The van der Waals surface area contributed by atoms with Crippen LogP contribution in [0.15, 0.2) is 150 Å². The molecule has 0 unspecified atom stereocenters. The van der Waals surface area contributed by atoms with E-state index in [0.717, 1.165) is 73.3 Å². The van der Waals surface area contributed by atoms with Gasteiger partial charge in [-0.15, -0.1) is 0 Å². The molecule has 6 nitrogen and oxygen atoms in total. The maximum absolute atomic E-state index is 6.09. The van der Waals surface area contributed by atoms with Gasteiger partial charge >= 0.3 is 0 Å². The van der Waals surface area contributed by atoms with Gasteiger partial charge in [0.15, 0.2) is 11.6 Å². The van der Waals surface area contributed by atoms with Crippen molar-refractivity contribution >= 4 is 32.8 Å². The lowest BCUT2D eigenvalue weighted by Gasteiger charge is -2.24. The van der Waals surface area contributed by atoms with Crippen LogP contribution in [0.25, 0.3) is 78.0 Å². The molecule has 268 valence electrons. The molecule has 0 aliphatic heterocycles. The number of nitrogens with zero attached hydrogens (tertiary/aromatic N) is 5. The van der Waals surface area contributed by atoms with Crippen molar-refractivity contribution < 1.29 is 4.42 Å². The van der Waals surface area contributed by atoms with Crippen molar-refractivity contribution in [3.8, 4) is 45.2 Å². The fraction of sp³-hybridized carbons (Fsp3) is 0.163. The number of aromatic nitrogens is 5. The second kappa shape index (κ2) is 13.4. The minimum absolute atomic E-state index is 0.272. The fourth-order valence-corrected chi connectivity index (χ4v) is 7.25. The van der Waals surface area contributed by atoms with Gasteiger partial charge in [0.05, 0.1) is 11.2 Å². The summed E-state index contributed by atoms with van der Waals surface area (Å²) in [6.45, 7) is 10.8. The van der Waals surface area contributed by atoms with E-state index < -0.39 is 0 Å².